The number of piperidine rings is 1. The predicted octanol–water partition coefficient (Wildman–Crippen LogP) is 2.51. The number of aliphatic hydroxyl groups is 1. The highest BCUT2D eigenvalue weighted by atomic mass is 35.5. The van der Waals surface area contributed by atoms with Crippen molar-refractivity contribution in [2.45, 2.75) is 25.8 Å². The second kappa shape index (κ2) is 9.12. The molecule has 1 spiro atoms. The Kier molecular flexibility index (Phi) is 8.20. The lowest BCUT2D eigenvalue weighted by Crippen LogP contribution is -2.41. The van der Waals surface area contributed by atoms with Crippen LogP contribution in [0, 0.1) is 17.3 Å². The summed E-state index contributed by atoms with van der Waals surface area (Å²) in [6, 6.07) is 2.16. The van der Waals surface area contributed by atoms with Crippen molar-refractivity contribution in [3.05, 3.63) is 21.9 Å². The Morgan fingerprint density at radius 3 is 2.95 bits per heavy atom. The van der Waals surface area contributed by atoms with E-state index in [1.165, 1.54) is 50.3 Å². The van der Waals surface area contributed by atoms with Crippen LogP contribution < -0.4 is 5.32 Å². The zero-order valence-corrected chi connectivity index (χ0v) is 15.1. The highest BCUT2D eigenvalue weighted by Crippen LogP contribution is 2.37. The molecule has 124 valence electrons. The van der Waals surface area contributed by atoms with E-state index in [4.69, 9.17) is 5.11 Å². The number of aliphatic hydroxyl groups excluding tert-OH is 1. The average Bonchev–Trinajstić information content (AvgIpc) is 3.06. The van der Waals surface area contributed by atoms with E-state index in [2.05, 4.69) is 33.5 Å². The first-order chi connectivity index (χ1) is 9.80. The summed E-state index contributed by atoms with van der Waals surface area (Å²) in [4.78, 5) is 3.97. The molecule has 3 rings (SSSR count). The molecule has 1 aromatic rings. The van der Waals surface area contributed by atoms with Crippen molar-refractivity contribution >= 4 is 36.2 Å². The van der Waals surface area contributed by atoms with Gasteiger partial charge in [-0.15, -0.1) is 36.2 Å². The van der Waals surface area contributed by atoms with Gasteiger partial charge in [-0.3, -0.25) is 4.90 Å². The molecule has 0 amide bonds. The van der Waals surface area contributed by atoms with Crippen molar-refractivity contribution in [2.75, 3.05) is 32.8 Å². The maximum Gasteiger partial charge on any atom is 0.104 e. The number of likely N-dealkylation sites (tertiary alicyclic amines) is 1. The minimum absolute atomic E-state index is 0. The van der Waals surface area contributed by atoms with Gasteiger partial charge >= 0.3 is 0 Å². The van der Waals surface area contributed by atoms with E-state index in [1.807, 2.05) is 0 Å². The topological polar surface area (TPSA) is 35.5 Å². The van der Waals surface area contributed by atoms with E-state index in [-0.39, 0.29) is 31.4 Å². The van der Waals surface area contributed by atoms with Crippen LogP contribution in [0.5, 0.6) is 0 Å². The van der Waals surface area contributed by atoms with Gasteiger partial charge in [0.15, 0.2) is 0 Å². The zero-order chi connectivity index (χ0) is 13.8. The molecule has 0 bridgehead atoms. The van der Waals surface area contributed by atoms with Gasteiger partial charge in [0.2, 0.25) is 0 Å². The number of thiophene rings is 1. The number of rotatable bonds is 2. The highest BCUT2D eigenvalue weighted by Gasteiger charge is 2.38. The van der Waals surface area contributed by atoms with Gasteiger partial charge in [0.05, 0.1) is 0 Å². The third kappa shape index (κ3) is 4.86. The van der Waals surface area contributed by atoms with Crippen LogP contribution in [-0.4, -0.2) is 42.8 Å². The molecule has 3 heterocycles. The zero-order valence-electron chi connectivity index (χ0n) is 12.6. The lowest BCUT2D eigenvalue weighted by atomic mass is 9.80. The second-order valence-electron chi connectivity index (χ2n) is 6.00. The van der Waals surface area contributed by atoms with E-state index < -0.39 is 0 Å². The van der Waals surface area contributed by atoms with E-state index in [1.54, 1.807) is 11.3 Å². The summed E-state index contributed by atoms with van der Waals surface area (Å²) in [5, 5.41) is 14.4. The largest absolute Gasteiger partial charge is 0.384 e. The number of nitrogens with one attached hydrogen (secondary N) is 1. The van der Waals surface area contributed by atoms with E-state index >= 15 is 0 Å². The molecule has 2 N–H and O–H groups in total. The highest BCUT2D eigenvalue weighted by molar-refractivity contribution is 7.10. The molecule has 0 saturated carbocycles. The first kappa shape index (κ1) is 19.8. The van der Waals surface area contributed by atoms with Crippen molar-refractivity contribution in [3.63, 3.8) is 0 Å². The Balaban J connectivity index is 0.00000121. The van der Waals surface area contributed by atoms with Crippen LogP contribution in [0.4, 0.5) is 0 Å². The molecule has 1 aromatic heterocycles. The Bertz CT molecular complexity index is 518. The van der Waals surface area contributed by atoms with Gasteiger partial charge in [0.25, 0.3) is 0 Å². The third-order valence-electron chi connectivity index (χ3n) is 4.42. The third-order valence-corrected chi connectivity index (χ3v) is 5.34. The molecule has 3 nitrogen and oxygen atoms in total. The summed E-state index contributed by atoms with van der Waals surface area (Å²) in [5.74, 6) is 5.69. The smallest absolute Gasteiger partial charge is 0.104 e. The van der Waals surface area contributed by atoms with Crippen LogP contribution in [0.15, 0.2) is 11.4 Å². The average molecular weight is 363 g/mol. The molecular formula is C16H24Cl2N2OS. The quantitative estimate of drug-likeness (QED) is 0.793. The van der Waals surface area contributed by atoms with Crippen LogP contribution in [0.25, 0.3) is 0 Å². The summed E-state index contributed by atoms with van der Waals surface area (Å²) in [7, 11) is 0. The van der Waals surface area contributed by atoms with Crippen molar-refractivity contribution in [3.8, 4) is 11.8 Å². The second-order valence-corrected chi connectivity index (χ2v) is 7.00. The van der Waals surface area contributed by atoms with Gasteiger partial charge in [-0.05, 0) is 43.8 Å². The van der Waals surface area contributed by atoms with Gasteiger partial charge < -0.3 is 10.4 Å². The van der Waals surface area contributed by atoms with Crippen molar-refractivity contribution in [1.82, 2.24) is 10.2 Å². The van der Waals surface area contributed by atoms with Crippen LogP contribution in [0.1, 0.15) is 29.7 Å². The van der Waals surface area contributed by atoms with Gasteiger partial charge in [0.1, 0.15) is 6.61 Å². The molecule has 2 aliphatic heterocycles. The maximum absolute atomic E-state index is 8.72. The lowest BCUT2D eigenvalue weighted by Gasteiger charge is -2.34. The number of hydrogen-bond donors (Lipinski definition) is 2. The molecular weight excluding hydrogens is 339 g/mol. The maximum atomic E-state index is 8.72. The minimum atomic E-state index is -0.0627. The summed E-state index contributed by atoms with van der Waals surface area (Å²) in [6.07, 6.45) is 4.05. The standard InChI is InChI=1S/C16H22N2OS.2ClH/c19-8-1-3-14-9-15(20-11-14)10-18-7-5-16(13-18)4-2-6-17-12-16;;/h9,11,17,19H,2,4-8,10,12-13H2;2*1H. The SMILES string of the molecule is Cl.Cl.OCC#Cc1csc(CN2CCC3(CCCNC3)C2)c1. The van der Waals surface area contributed by atoms with Crippen molar-refractivity contribution in [1.29, 1.82) is 0 Å². The first-order valence-corrected chi connectivity index (χ1v) is 8.28. The fraction of sp³-hybridized carbons (Fsp3) is 0.625. The summed E-state index contributed by atoms with van der Waals surface area (Å²) < 4.78 is 0. The van der Waals surface area contributed by atoms with Crippen LogP contribution in [-0.2, 0) is 6.54 Å². The van der Waals surface area contributed by atoms with E-state index in [9.17, 15) is 0 Å². The molecule has 0 radical (unpaired) electrons. The van der Waals surface area contributed by atoms with Crippen LogP contribution in [0.3, 0.4) is 0 Å². The Hall–Kier alpha value is -0.280. The lowest BCUT2D eigenvalue weighted by molar-refractivity contribution is 0.200. The number of nitrogens with zero attached hydrogens (tertiary/aromatic N) is 1. The van der Waals surface area contributed by atoms with E-state index in [0.29, 0.717) is 5.41 Å². The summed E-state index contributed by atoms with van der Waals surface area (Å²) in [5.41, 5.74) is 1.57. The fourth-order valence-electron chi connectivity index (χ4n) is 3.43. The molecule has 0 aliphatic carbocycles. The molecule has 2 aliphatic rings. The minimum Gasteiger partial charge on any atom is -0.384 e. The van der Waals surface area contributed by atoms with Gasteiger partial charge in [0, 0.05) is 35.5 Å². The Morgan fingerprint density at radius 1 is 1.36 bits per heavy atom. The molecule has 6 heteroatoms. The first-order valence-electron chi connectivity index (χ1n) is 7.40. The van der Waals surface area contributed by atoms with Crippen molar-refractivity contribution in [2.24, 2.45) is 5.41 Å². The molecule has 1 unspecified atom stereocenters. The number of hydrogen-bond acceptors (Lipinski definition) is 4. The van der Waals surface area contributed by atoms with Gasteiger partial charge in [-0.1, -0.05) is 11.8 Å². The monoisotopic (exact) mass is 362 g/mol. The van der Waals surface area contributed by atoms with Gasteiger partial charge in [-0.25, -0.2) is 0 Å². The normalized spacial score (nSPS) is 24.2. The van der Waals surface area contributed by atoms with Crippen LogP contribution in [0.2, 0.25) is 0 Å². The molecule has 2 fully saturated rings. The summed E-state index contributed by atoms with van der Waals surface area (Å²) in [6.45, 7) is 5.83. The summed E-state index contributed by atoms with van der Waals surface area (Å²) >= 11 is 1.78. The number of halogens is 2. The Morgan fingerprint density at radius 2 is 2.23 bits per heavy atom. The Labute approximate surface area is 149 Å². The molecule has 2 saturated heterocycles. The van der Waals surface area contributed by atoms with Crippen LogP contribution >= 0.6 is 36.2 Å². The predicted molar refractivity (Wildman–Crippen MR) is 97.2 cm³/mol. The van der Waals surface area contributed by atoms with Crippen molar-refractivity contribution < 1.29 is 5.11 Å². The molecule has 1 atom stereocenters. The molecule has 22 heavy (non-hydrogen) atoms. The fourth-order valence-corrected chi connectivity index (χ4v) is 4.29. The van der Waals surface area contributed by atoms with Gasteiger partial charge in [-0.2, -0.15) is 0 Å². The van der Waals surface area contributed by atoms with E-state index in [0.717, 1.165) is 12.1 Å². The molecule has 0 aromatic carbocycles.